The van der Waals surface area contributed by atoms with Crippen LogP contribution in [0.3, 0.4) is 0 Å². The van der Waals surface area contributed by atoms with Gasteiger partial charge in [0.05, 0.1) is 6.04 Å². The molecule has 3 rings (SSSR count). The van der Waals surface area contributed by atoms with Crippen molar-refractivity contribution in [2.75, 3.05) is 23.7 Å². The molecule has 1 aliphatic rings. The zero-order valence-corrected chi connectivity index (χ0v) is 15.3. The first kappa shape index (κ1) is 19.0. The Kier molecular flexibility index (Phi) is 6.19. The minimum absolute atomic E-state index is 0.0257. The van der Waals surface area contributed by atoms with E-state index in [1.807, 2.05) is 37.3 Å². The second-order valence-electron chi connectivity index (χ2n) is 6.84. The number of nitrogens with one attached hydrogen (secondary N) is 2. The summed E-state index contributed by atoms with van der Waals surface area (Å²) in [7, 11) is 0. The molecule has 2 aromatic carbocycles. The fraction of sp³-hybridized carbons (Fsp3) is 0.333. The number of piperidine rings is 1. The molecular weight excluding hydrogens is 345 g/mol. The van der Waals surface area contributed by atoms with Gasteiger partial charge in [-0.1, -0.05) is 24.3 Å². The first-order chi connectivity index (χ1) is 13.0. The summed E-state index contributed by atoms with van der Waals surface area (Å²) in [5, 5.41) is 5.69. The van der Waals surface area contributed by atoms with Crippen LogP contribution in [0.1, 0.15) is 19.8 Å². The highest BCUT2D eigenvalue weighted by molar-refractivity contribution is 5.95. The van der Waals surface area contributed by atoms with Crippen molar-refractivity contribution >= 4 is 23.2 Å². The molecule has 2 aromatic rings. The summed E-state index contributed by atoms with van der Waals surface area (Å²) < 4.78 is 13.2. The second-order valence-corrected chi connectivity index (χ2v) is 6.84. The highest BCUT2D eigenvalue weighted by atomic mass is 19.1. The molecule has 0 aromatic heterocycles. The average Bonchev–Trinajstić information content (AvgIpc) is 2.68. The standard InChI is InChI=1S/C21H24FN3O2/c1-15(20(26)24-19-9-5-6-17(22)14-19)25-12-10-16(11-13-25)21(27)23-18-7-3-2-4-8-18/h2-9,14-16H,10-13H2,1H3,(H,23,27)(H,24,26)/t15-/m1/s1. The van der Waals surface area contributed by atoms with Gasteiger partial charge in [0.1, 0.15) is 5.82 Å². The van der Waals surface area contributed by atoms with Crippen molar-refractivity contribution in [3.63, 3.8) is 0 Å². The molecule has 0 bridgehead atoms. The maximum absolute atomic E-state index is 13.2. The van der Waals surface area contributed by atoms with Crippen LogP contribution in [-0.2, 0) is 9.59 Å². The maximum atomic E-state index is 13.2. The molecule has 2 N–H and O–H groups in total. The molecule has 1 atom stereocenters. The smallest absolute Gasteiger partial charge is 0.241 e. The zero-order valence-electron chi connectivity index (χ0n) is 15.3. The van der Waals surface area contributed by atoms with Gasteiger partial charge in [-0.05, 0) is 63.2 Å². The van der Waals surface area contributed by atoms with Crippen LogP contribution < -0.4 is 10.6 Å². The van der Waals surface area contributed by atoms with E-state index in [0.717, 1.165) is 5.69 Å². The topological polar surface area (TPSA) is 61.4 Å². The van der Waals surface area contributed by atoms with Crippen LogP contribution in [0.5, 0.6) is 0 Å². The number of benzene rings is 2. The van der Waals surface area contributed by atoms with Gasteiger partial charge in [0.15, 0.2) is 0 Å². The van der Waals surface area contributed by atoms with E-state index in [-0.39, 0.29) is 29.6 Å². The number of likely N-dealkylation sites (tertiary alicyclic amines) is 1. The normalized spacial score (nSPS) is 16.5. The number of rotatable bonds is 5. The van der Waals surface area contributed by atoms with Crippen LogP contribution in [0.4, 0.5) is 15.8 Å². The van der Waals surface area contributed by atoms with Crippen molar-refractivity contribution in [3.8, 4) is 0 Å². The predicted octanol–water partition coefficient (Wildman–Crippen LogP) is 3.50. The van der Waals surface area contributed by atoms with E-state index >= 15 is 0 Å². The minimum Gasteiger partial charge on any atom is -0.326 e. The molecule has 5 nitrogen and oxygen atoms in total. The van der Waals surface area contributed by atoms with Gasteiger partial charge in [0, 0.05) is 17.3 Å². The van der Waals surface area contributed by atoms with Gasteiger partial charge in [-0.25, -0.2) is 4.39 Å². The molecule has 1 heterocycles. The summed E-state index contributed by atoms with van der Waals surface area (Å²) in [6.07, 6.45) is 1.41. The molecule has 1 fully saturated rings. The first-order valence-corrected chi connectivity index (χ1v) is 9.19. The number of halogens is 1. The van der Waals surface area contributed by atoms with Gasteiger partial charge < -0.3 is 10.6 Å². The molecule has 6 heteroatoms. The number of hydrogen-bond donors (Lipinski definition) is 2. The van der Waals surface area contributed by atoms with Gasteiger partial charge in [-0.2, -0.15) is 0 Å². The maximum Gasteiger partial charge on any atom is 0.241 e. The lowest BCUT2D eigenvalue weighted by molar-refractivity contribution is -0.123. The van der Waals surface area contributed by atoms with E-state index in [4.69, 9.17) is 0 Å². The number of hydrogen-bond acceptors (Lipinski definition) is 3. The molecule has 0 radical (unpaired) electrons. The van der Waals surface area contributed by atoms with E-state index in [1.165, 1.54) is 12.1 Å². The molecule has 1 aliphatic heterocycles. The molecule has 27 heavy (non-hydrogen) atoms. The molecule has 0 spiro atoms. The van der Waals surface area contributed by atoms with Gasteiger partial charge in [-0.15, -0.1) is 0 Å². The largest absolute Gasteiger partial charge is 0.326 e. The van der Waals surface area contributed by atoms with Crippen LogP contribution in [0, 0.1) is 11.7 Å². The van der Waals surface area contributed by atoms with Crippen molar-refractivity contribution in [2.45, 2.75) is 25.8 Å². The first-order valence-electron chi connectivity index (χ1n) is 9.19. The fourth-order valence-corrected chi connectivity index (χ4v) is 3.29. The van der Waals surface area contributed by atoms with E-state index < -0.39 is 0 Å². The number of carbonyl (C=O) groups excluding carboxylic acids is 2. The number of nitrogens with zero attached hydrogens (tertiary/aromatic N) is 1. The Morgan fingerprint density at radius 1 is 1.00 bits per heavy atom. The van der Waals surface area contributed by atoms with Crippen LogP contribution in [-0.4, -0.2) is 35.8 Å². The number of para-hydroxylation sites is 1. The lowest BCUT2D eigenvalue weighted by atomic mass is 9.94. The van der Waals surface area contributed by atoms with Crippen molar-refractivity contribution in [1.82, 2.24) is 4.90 Å². The summed E-state index contributed by atoms with van der Waals surface area (Å²) >= 11 is 0. The van der Waals surface area contributed by atoms with Crippen LogP contribution in [0.15, 0.2) is 54.6 Å². The monoisotopic (exact) mass is 369 g/mol. The van der Waals surface area contributed by atoms with Crippen LogP contribution in [0.25, 0.3) is 0 Å². The van der Waals surface area contributed by atoms with E-state index in [1.54, 1.807) is 12.1 Å². The van der Waals surface area contributed by atoms with Gasteiger partial charge in [0.2, 0.25) is 11.8 Å². The predicted molar refractivity (Wildman–Crippen MR) is 104 cm³/mol. The Hall–Kier alpha value is -2.73. The quantitative estimate of drug-likeness (QED) is 0.848. The van der Waals surface area contributed by atoms with E-state index in [0.29, 0.717) is 31.6 Å². The number of carbonyl (C=O) groups is 2. The SMILES string of the molecule is C[C@H](C(=O)Nc1cccc(F)c1)N1CCC(C(=O)Nc2ccccc2)CC1. The number of amides is 2. The zero-order chi connectivity index (χ0) is 19.2. The van der Waals surface area contributed by atoms with Crippen LogP contribution in [0.2, 0.25) is 0 Å². The average molecular weight is 369 g/mol. The van der Waals surface area contributed by atoms with Crippen LogP contribution >= 0.6 is 0 Å². The molecular formula is C21H24FN3O2. The molecule has 1 saturated heterocycles. The van der Waals surface area contributed by atoms with Gasteiger partial charge in [0.25, 0.3) is 0 Å². The molecule has 0 aliphatic carbocycles. The third-order valence-corrected chi connectivity index (χ3v) is 4.96. The molecule has 2 amide bonds. The lowest BCUT2D eigenvalue weighted by Gasteiger charge is -2.34. The number of anilines is 2. The Morgan fingerprint density at radius 2 is 1.67 bits per heavy atom. The highest BCUT2D eigenvalue weighted by Crippen LogP contribution is 2.21. The van der Waals surface area contributed by atoms with Crippen molar-refractivity contribution < 1.29 is 14.0 Å². The molecule has 0 saturated carbocycles. The van der Waals surface area contributed by atoms with Crippen molar-refractivity contribution in [1.29, 1.82) is 0 Å². The summed E-state index contributed by atoms with van der Waals surface area (Å²) in [6.45, 7) is 3.17. The summed E-state index contributed by atoms with van der Waals surface area (Å²) in [4.78, 5) is 26.9. The minimum atomic E-state index is -0.384. The highest BCUT2D eigenvalue weighted by Gasteiger charge is 2.29. The fourth-order valence-electron chi connectivity index (χ4n) is 3.29. The lowest BCUT2D eigenvalue weighted by Crippen LogP contribution is -2.47. The Balaban J connectivity index is 1.49. The third kappa shape index (κ3) is 5.14. The third-order valence-electron chi connectivity index (χ3n) is 4.96. The van der Waals surface area contributed by atoms with E-state index in [9.17, 15) is 14.0 Å². The summed E-state index contributed by atoms with van der Waals surface area (Å²) in [5.41, 5.74) is 1.25. The van der Waals surface area contributed by atoms with Gasteiger partial charge >= 0.3 is 0 Å². The Labute approximate surface area is 158 Å². The molecule has 142 valence electrons. The second kappa shape index (κ2) is 8.77. The van der Waals surface area contributed by atoms with Crippen molar-refractivity contribution in [3.05, 3.63) is 60.4 Å². The van der Waals surface area contributed by atoms with E-state index in [2.05, 4.69) is 15.5 Å². The van der Waals surface area contributed by atoms with Gasteiger partial charge in [-0.3, -0.25) is 14.5 Å². The Bertz CT molecular complexity index is 789. The van der Waals surface area contributed by atoms with Crippen molar-refractivity contribution in [2.24, 2.45) is 5.92 Å². The molecule has 0 unspecified atom stereocenters. The summed E-state index contributed by atoms with van der Waals surface area (Å²) in [5.74, 6) is -0.587. The summed E-state index contributed by atoms with van der Waals surface area (Å²) in [6, 6.07) is 14.9. The Morgan fingerprint density at radius 3 is 2.33 bits per heavy atom.